The van der Waals surface area contributed by atoms with Gasteiger partial charge in [0, 0.05) is 11.6 Å². The van der Waals surface area contributed by atoms with E-state index >= 15 is 0 Å². The number of sulfonamides is 1. The molecule has 0 spiro atoms. The van der Waals surface area contributed by atoms with Gasteiger partial charge in [-0.1, -0.05) is 56.8 Å². The zero-order valence-corrected chi connectivity index (χ0v) is 13.7. The average molecular weight is 314 g/mol. The molecule has 0 fully saturated rings. The maximum Gasteiger partial charge on any atom is 0.216 e. The van der Waals surface area contributed by atoms with E-state index in [1.165, 1.54) is 0 Å². The Morgan fingerprint density at radius 1 is 1.35 bits per heavy atom. The van der Waals surface area contributed by atoms with Crippen LogP contribution in [0.5, 0.6) is 0 Å². The molecule has 0 radical (unpaired) electrons. The summed E-state index contributed by atoms with van der Waals surface area (Å²) in [7, 11) is -3.41. The van der Waals surface area contributed by atoms with Crippen LogP contribution in [0.25, 0.3) is 0 Å². The predicted molar refractivity (Wildman–Crippen MR) is 87.0 cm³/mol. The molecule has 0 saturated heterocycles. The van der Waals surface area contributed by atoms with E-state index in [4.69, 9.17) is 18.0 Å². The first-order valence-corrected chi connectivity index (χ1v) is 8.70. The maximum atomic E-state index is 12.2. The Balaban J connectivity index is 2.89. The van der Waals surface area contributed by atoms with Crippen LogP contribution < -0.4 is 10.5 Å². The van der Waals surface area contributed by atoms with Gasteiger partial charge in [-0.05, 0) is 18.4 Å². The Hall–Kier alpha value is -0.980. The molecule has 0 heterocycles. The van der Waals surface area contributed by atoms with E-state index in [0.717, 1.165) is 6.42 Å². The van der Waals surface area contributed by atoms with Gasteiger partial charge in [0.1, 0.15) is 4.99 Å². The van der Waals surface area contributed by atoms with E-state index in [9.17, 15) is 8.42 Å². The highest BCUT2D eigenvalue weighted by molar-refractivity contribution is 7.88. The van der Waals surface area contributed by atoms with Crippen LogP contribution in [0, 0.1) is 5.92 Å². The molecule has 0 bridgehead atoms. The topological polar surface area (TPSA) is 72.2 Å². The smallest absolute Gasteiger partial charge is 0.216 e. The van der Waals surface area contributed by atoms with E-state index in [1.807, 2.05) is 20.8 Å². The summed E-state index contributed by atoms with van der Waals surface area (Å²) in [6.45, 7) is 5.94. The molecule has 4 nitrogen and oxygen atoms in total. The molecular formula is C14H22N2O2S2. The van der Waals surface area contributed by atoms with Gasteiger partial charge in [-0.3, -0.25) is 0 Å². The summed E-state index contributed by atoms with van der Waals surface area (Å²) in [4.78, 5) is 0.214. The number of hydrogen-bond acceptors (Lipinski definition) is 3. The van der Waals surface area contributed by atoms with Crippen molar-refractivity contribution in [1.82, 2.24) is 4.72 Å². The first-order chi connectivity index (χ1) is 9.26. The number of hydrogen-bond donors (Lipinski definition) is 2. The Bertz CT molecular complexity index is 570. The van der Waals surface area contributed by atoms with Crippen LogP contribution in [-0.2, 0) is 15.8 Å². The molecule has 3 N–H and O–H groups in total. The van der Waals surface area contributed by atoms with Crippen molar-refractivity contribution < 1.29 is 8.42 Å². The number of benzene rings is 1. The zero-order chi connectivity index (χ0) is 15.3. The summed E-state index contributed by atoms with van der Waals surface area (Å²) in [6, 6.07) is 6.96. The van der Waals surface area contributed by atoms with Crippen molar-refractivity contribution in [2.24, 2.45) is 11.7 Å². The molecule has 1 aromatic carbocycles. The number of rotatable bonds is 7. The standard InChI is InChI=1S/C14H22N2O2S2/c1-4-10(2)11(3)16-20(17,18)9-12-7-5-6-8-13(12)14(15)19/h5-8,10-11,16H,4,9H2,1-3H3,(H2,15,19). The van der Waals surface area contributed by atoms with E-state index in [0.29, 0.717) is 11.1 Å². The summed E-state index contributed by atoms with van der Waals surface area (Å²) in [5, 5.41) is 0. The molecule has 112 valence electrons. The van der Waals surface area contributed by atoms with Crippen LogP contribution in [0.2, 0.25) is 0 Å². The first kappa shape index (κ1) is 17.1. The fourth-order valence-corrected chi connectivity index (χ4v) is 3.63. The van der Waals surface area contributed by atoms with Crippen molar-refractivity contribution >= 4 is 27.2 Å². The lowest BCUT2D eigenvalue weighted by molar-refractivity contribution is 0.434. The first-order valence-electron chi connectivity index (χ1n) is 6.64. The second kappa shape index (κ2) is 7.15. The number of nitrogens with two attached hydrogens (primary N) is 1. The molecule has 1 rings (SSSR count). The lowest BCUT2D eigenvalue weighted by Crippen LogP contribution is -2.37. The highest BCUT2D eigenvalue weighted by Gasteiger charge is 2.20. The largest absolute Gasteiger partial charge is 0.389 e. The Labute approximate surface area is 126 Å². The summed E-state index contributed by atoms with van der Waals surface area (Å²) >= 11 is 4.95. The molecular weight excluding hydrogens is 292 g/mol. The number of nitrogens with one attached hydrogen (secondary N) is 1. The highest BCUT2D eigenvalue weighted by Crippen LogP contribution is 2.14. The van der Waals surface area contributed by atoms with Crippen LogP contribution in [0.4, 0.5) is 0 Å². The van der Waals surface area contributed by atoms with Crippen LogP contribution >= 0.6 is 12.2 Å². The average Bonchev–Trinajstić information content (AvgIpc) is 2.36. The summed E-state index contributed by atoms with van der Waals surface area (Å²) in [5.41, 5.74) is 6.86. The summed E-state index contributed by atoms with van der Waals surface area (Å²) in [5.74, 6) is 0.178. The third-order valence-corrected chi connectivity index (χ3v) is 5.13. The minimum absolute atomic E-state index is 0.0954. The Kier molecular flexibility index (Phi) is 6.10. The third kappa shape index (κ3) is 4.85. The fourth-order valence-electron chi connectivity index (χ4n) is 1.89. The minimum atomic E-state index is -3.41. The molecule has 0 aliphatic rings. The third-order valence-electron chi connectivity index (χ3n) is 3.49. The minimum Gasteiger partial charge on any atom is -0.389 e. The summed E-state index contributed by atoms with van der Waals surface area (Å²) in [6.07, 6.45) is 0.924. The molecule has 0 amide bonds. The maximum absolute atomic E-state index is 12.2. The highest BCUT2D eigenvalue weighted by atomic mass is 32.2. The molecule has 1 aromatic rings. The van der Waals surface area contributed by atoms with Gasteiger partial charge in [0.25, 0.3) is 0 Å². The van der Waals surface area contributed by atoms with Crippen LogP contribution in [0.3, 0.4) is 0 Å². The quantitative estimate of drug-likeness (QED) is 0.757. The molecule has 6 heteroatoms. The van der Waals surface area contributed by atoms with Crippen molar-refractivity contribution in [3.8, 4) is 0 Å². The van der Waals surface area contributed by atoms with Crippen molar-refractivity contribution in [3.05, 3.63) is 35.4 Å². The van der Waals surface area contributed by atoms with Crippen molar-refractivity contribution in [2.75, 3.05) is 0 Å². The zero-order valence-electron chi connectivity index (χ0n) is 12.1. The van der Waals surface area contributed by atoms with Crippen molar-refractivity contribution in [1.29, 1.82) is 0 Å². The van der Waals surface area contributed by atoms with Gasteiger partial charge in [-0.15, -0.1) is 0 Å². The van der Waals surface area contributed by atoms with Crippen molar-refractivity contribution in [2.45, 2.75) is 39.0 Å². The lowest BCUT2D eigenvalue weighted by atomic mass is 10.0. The van der Waals surface area contributed by atoms with Crippen LogP contribution in [0.1, 0.15) is 38.3 Å². The van der Waals surface area contributed by atoms with Gasteiger partial charge in [0.2, 0.25) is 10.0 Å². The van der Waals surface area contributed by atoms with Gasteiger partial charge in [0.15, 0.2) is 0 Å². The van der Waals surface area contributed by atoms with Gasteiger partial charge in [-0.25, -0.2) is 13.1 Å². The second-order valence-corrected chi connectivity index (χ2v) is 7.27. The van der Waals surface area contributed by atoms with Gasteiger partial charge in [0.05, 0.1) is 5.75 Å². The van der Waals surface area contributed by atoms with Gasteiger partial charge >= 0.3 is 0 Å². The van der Waals surface area contributed by atoms with Crippen LogP contribution in [0.15, 0.2) is 24.3 Å². The van der Waals surface area contributed by atoms with Crippen LogP contribution in [-0.4, -0.2) is 19.4 Å². The summed E-state index contributed by atoms with van der Waals surface area (Å²) < 4.78 is 27.1. The lowest BCUT2D eigenvalue weighted by Gasteiger charge is -2.20. The normalized spacial score (nSPS) is 14.8. The Morgan fingerprint density at radius 2 is 1.95 bits per heavy atom. The Morgan fingerprint density at radius 3 is 2.50 bits per heavy atom. The van der Waals surface area contributed by atoms with E-state index < -0.39 is 10.0 Å². The molecule has 0 aliphatic carbocycles. The molecule has 2 atom stereocenters. The van der Waals surface area contributed by atoms with Gasteiger partial charge in [-0.2, -0.15) is 0 Å². The molecule has 0 saturated carbocycles. The van der Waals surface area contributed by atoms with E-state index in [-0.39, 0.29) is 22.7 Å². The molecule has 2 unspecified atom stereocenters. The predicted octanol–water partition coefficient (Wildman–Crippen LogP) is 2.17. The molecule has 0 aliphatic heterocycles. The van der Waals surface area contributed by atoms with E-state index in [1.54, 1.807) is 24.3 Å². The second-order valence-electron chi connectivity index (χ2n) is 5.07. The van der Waals surface area contributed by atoms with Gasteiger partial charge < -0.3 is 5.73 Å². The SMILES string of the molecule is CCC(C)C(C)NS(=O)(=O)Cc1ccccc1C(N)=S. The molecule has 0 aromatic heterocycles. The van der Waals surface area contributed by atoms with E-state index in [2.05, 4.69) is 4.72 Å². The van der Waals surface area contributed by atoms with Crippen molar-refractivity contribution in [3.63, 3.8) is 0 Å². The monoisotopic (exact) mass is 314 g/mol. The number of thiocarbonyl (C=S) groups is 1. The fraction of sp³-hybridized carbons (Fsp3) is 0.500. The molecule has 20 heavy (non-hydrogen) atoms.